The van der Waals surface area contributed by atoms with Gasteiger partial charge in [-0.05, 0) is 56.3 Å². The van der Waals surface area contributed by atoms with Gasteiger partial charge in [-0.1, -0.05) is 19.3 Å². The number of hydrogen-bond donors (Lipinski definition) is 0. The maximum atomic E-state index is 13.1. The Hall–Kier alpha value is -1.48. The molecule has 2 saturated heterocycles. The van der Waals surface area contributed by atoms with Crippen LogP contribution in [0.25, 0.3) is 11.0 Å². The van der Waals surface area contributed by atoms with Gasteiger partial charge in [0.25, 0.3) is 0 Å². The van der Waals surface area contributed by atoms with Crippen molar-refractivity contribution in [3.8, 4) is 0 Å². The number of rotatable bonds is 5. The van der Waals surface area contributed by atoms with E-state index in [1.54, 1.807) is 12.1 Å². The number of fused-ring (bicyclic) bond motifs is 2. The lowest BCUT2D eigenvalue weighted by Gasteiger charge is -2.41. The number of morpholine rings is 1. The first-order valence-corrected chi connectivity index (χ1v) is 13.3. The van der Waals surface area contributed by atoms with Crippen LogP contribution in [0.3, 0.4) is 0 Å². The molecular formula is C23H34N4O3S. The predicted molar refractivity (Wildman–Crippen MR) is 120 cm³/mol. The number of ether oxygens (including phenoxy) is 1. The zero-order chi connectivity index (χ0) is 21.4. The van der Waals surface area contributed by atoms with Gasteiger partial charge in [0.15, 0.2) is 0 Å². The summed E-state index contributed by atoms with van der Waals surface area (Å²) in [6, 6.07) is 5.41. The van der Waals surface area contributed by atoms with Crippen LogP contribution in [0.2, 0.25) is 0 Å². The summed E-state index contributed by atoms with van der Waals surface area (Å²) in [5, 5.41) is 0. The molecule has 2 aliphatic heterocycles. The van der Waals surface area contributed by atoms with Crippen LogP contribution in [0.5, 0.6) is 0 Å². The largest absolute Gasteiger partial charge is 0.379 e. The van der Waals surface area contributed by atoms with Gasteiger partial charge in [-0.25, -0.2) is 13.4 Å². The van der Waals surface area contributed by atoms with E-state index in [2.05, 4.69) is 16.4 Å². The van der Waals surface area contributed by atoms with Crippen molar-refractivity contribution in [2.45, 2.75) is 57.0 Å². The Kier molecular flexibility index (Phi) is 6.07. The summed E-state index contributed by atoms with van der Waals surface area (Å²) in [4.78, 5) is 7.81. The first-order valence-electron chi connectivity index (χ1n) is 11.9. The number of aryl methyl sites for hydroxylation is 1. The van der Waals surface area contributed by atoms with Gasteiger partial charge in [-0.3, -0.25) is 4.90 Å². The molecule has 2 aromatic rings. The molecule has 0 unspecified atom stereocenters. The van der Waals surface area contributed by atoms with E-state index in [4.69, 9.17) is 9.72 Å². The van der Waals surface area contributed by atoms with Crippen molar-refractivity contribution < 1.29 is 13.2 Å². The smallest absolute Gasteiger partial charge is 0.243 e. The van der Waals surface area contributed by atoms with Crippen LogP contribution in [-0.4, -0.2) is 66.6 Å². The number of aromatic nitrogens is 2. The third-order valence-corrected chi connectivity index (χ3v) is 9.36. The Morgan fingerprint density at radius 3 is 2.61 bits per heavy atom. The van der Waals surface area contributed by atoms with Crippen molar-refractivity contribution >= 4 is 21.1 Å². The highest BCUT2D eigenvalue weighted by molar-refractivity contribution is 7.89. The quantitative estimate of drug-likeness (QED) is 0.706. The lowest BCUT2D eigenvalue weighted by atomic mass is 9.75. The minimum Gasteiger partial charge on any atom is -0.379 e. The number of likely N-dealkylation sites (tertiary alicyclic amines) is 1. The number of benzene rings is 1. The van der Waals surface area contributed by atoms with E-state index in [0.717, 1.165) is 48.3 Å². The summed E-state index contributed by atoms with van der Waals surface area (Å²) in [5.74, 6) is 2.81. The second kappa shape index (κ2) is 8.81. The summed E-state index contributed by atoms with van der Waals surface area (Å²) in [6.07, 6.45) is 6.87. The Morgan fingerprint density at radius 2 is 1.84 bits per heavy atom. The number of imidazole rings is 1. The molecule has 0 amide bonds. The van der Waals surface area contributed by atoms with E-state index >= 15 is 0 Å². The van der Waals surface area contributed by atoms with Gasteiger partial charge >= 0.3 is 0 Å². The highest BCUT2D eigenvalue weighted by Gasteiger charge is 2.32. The molecular weight excluding hydrogens is 412 g/mol. The van der Waals surface area contributed by atoms with E-state index in [0.29, 0.717) is 31.2 Å². The van der Waals surface area contributed by atoms with Crippen molar-refractivity contribution in [1.82, 2.24) is 18.8 Å². The zero-order valence-corrected chi connectivity index (χ0v) is 19.3. The van der Waals surface area contributed by atoms with Gasteiger partial charge in [0.2, 0.25) is 10.0 Å². The van der Waals surface area contributed by atoms with Gasteiger partial charge in [0, 0.05) is 26.2 Å². The van der Waals surface area contributed by atoms with Crippen molar-refractivity contribution in [3.63, 3.8) is 0 Å². The predicted octanol–water partition coefficient (Wildman–Crippen LogP) is 3.09. The molecule has 3 fully saturated rings. The van der Waals surface area contributed by atoms with Crippen molar-refractivity contribution in [1.29, 1.82) is 0 Å². The van der Waals surface area contributed by atoms with Gasteiger partial charge in [-0.15, -0.1) is 0 Å². The number of sulfonamides is 1. The Balaban J connectivity index is 1.39. The standard InChI is InChI=1S/C23H34N4O3S/c1-2-27-22-8-7-20(31(28,29)26-11-13-30-14-12-26)15-21(22)24-23(27)17-25-10-9-18-5-3-4-6-19(18)16-25/h7-8,15,18-19H,2-6,9-14,16-17H2,1H3/t18-,19+/m0/s1. The van der Waals surface area contributed by atoms with E-state index < -0.39 is 10.0 Å². The maximum absolute atomic E-state index is 13.1. The fourth-order valence-electron chi connectivity index (χ4n) is 5.75. The molecule has 31 heavy (non-hydrogen) atoms. The lowest BCUT2D eigenvalue weighted by Crippen LogP contribution is -2.41. The third kappa shape index (κ3) is 4.15. The molecule has 5 rings (SSSR count). The average Bonchev–Trinajstić information content (AvgIpc) is 3.15. The van der Waals surface area contributed by atoms with Gasteiger partial charge in [0.1, 0.15) is 5.82 Å². The molecule has 0 bridgehead atoms. The Labute approximate surface area is 185 Å². The van der Waals surface area contributed by atoms with Crippen molar-refractivity contribution in [2.24, 2.45) is 11.8 Å². The van der Waals surface area contributed by atoms with Crippen molar-refractivity contribution in [3.05, 3.63) is 24.0 Å². The molecule has 1 aromatic carbocycles. The van der Waals surface area contributed by atoms with Gasteiger partial charge in [-0.2, -0.15) is 4.31 Å². The molecule has 3 aliphatic rings. The average molecular weight is 447 g/mol. The van der Waals surface area contributed by atoms with Crippen LogP contribution in [0.15, 0.2) is 23.1 Å². The zero-order valence-electron chi connectivity index (χ0n) is 18.5. The highest BCUT2D eigenvalue weighted by Crippen LogP contribution is 2.36. The summed E-state index contributed by atoms with van der Waals surface area (Å²) >= 11 is 0. The summed E-state index contributed by atoms with van der Waals surface area (Å²) in [7, 11) is -3.51. The Morgan fingerprint density at radius 1 is 1.06 bits per heavy atom. The maximum Gasteiger partial charge on any atom is 0.243 e. The topological polar surface area (TPSA) is 67.7 Å². The summed E-state index contributed by atoms with van der Waals surface area (Å²) in [5.41, 5.74) is 1.80. The van der Waals surface area contributed by atoms with Crippen LogP contribution < -0.4 is 0 Å². The normalized spacial score (nSPS) is 26.2. The molecule has 1 saturated carbocycles. The minimum atomic E-state index is -3.51. The molecule has 1 aromatic heterocycles. The molecule has 2 atom stereocenters. The van der Waals surface area contributed by atoms with Crippen LogP contribution in [0.1, 0.15) is 44.9 Å². The number of piperidine rings is 1. The molecule has 1 aliphatic carbocycles. The van der Waals surface area contributed by atoms with E-state index in [9.17, 15) is 8.42 Å². The monoisotopic (exact) mass is 446 g/mol. The first kappa shape index (κ1) is 21.4. The minimum absolute atomic E-state index is 0.331. The van der Waals surface area contributed by atoms with Crippen LogP contribution in [0.4, 0.5) is 0 Å². The number of hydrogen-bond acceptors (Lipinski definition) is 5. The van der Waals surface area contributed by atoms with E-state index in [-0.39, 0.29) is 0 Å². The molecule has 0 radical (unpaired) electrons. The lowest BCUT2D eigenvalue weighted by molar-refractivity contribution is 0.0730. The molecule has 8 heteroatoms. The fourth-order valence-corrected chi connectivity index (χ4v) is 7.18. The van der Waals surface area contributed by atoms with E-state index in [1.165, 1.54) is 43.0 Å². The molecule has 0 N–H and O–H groups in total. The molecule has 170 valence electrons. The molecule has 0 spiro atoms. The van der Waals surface area contributed by atoms with Gasteiger partial charge in [0.05, 0.1) is 35.7 Å². The van der Waals surface area contributed by atoms with Crippen LogP contribution in [0, 0.1) is 11.8 Å². The first-order chi connectivity index (χ1) is 15.1. The third-order valence-electron chi connectivity index (χ3n) is 7.46. The Bertz CT molecular complexity index is 1030. The van der Waals surface area contributed by atoms with Crippen LogP contribution in [-0.2, 0) is 27.8 Å². The fraction of sp³-hybridized carbons (Fsp3) is 0.696. The molecule has 7 nitrogen and oxygen atoms in total. The van der Waals surface area contributed by atoms with Crippen LogP contribution >= 0.6 is 0 Å². The summed E-state index contributed by atoms with van der Waals surface area (Å²) in [6.45, 7) is 7.85. The highest BCUT2D eigenvalue weighted by atomic mass is 32.2. The van der Waals surface area contributed by atoms with Crippen molar-refractivity contribution in [2.75, 3.05) is 39.4 Å². The van der Waals surface area contributed by atoms with E-state index in [1.807, 2.05) is 6.07 Å². The second-order valence-corrected chi connectivity index (χ2v) is 11.2. The van der Waals surface area contributed by atoms with Gasteiger partial charge < -0.3 is 9.30 Å². The second-order valence-electron chi connectivity index (χ2n) is 9.27. The SMILES string of the molecule is CCn1c(CN2CC[C@@H]3CCCC[C@@H]3C2)nc2cc(S(=O)(=O)N3CCOCC3)ccc21. The summed E-state index contributed by atoms with van der Waals surface area (Å²) < 4.78 is 35.2. The number of nitrogens with zero attached hydrogens (tertiary/aromatic N) is 4. The molecule has 3 heterocycles.